The first-order valence-corrected chi connectivity index (χ1v) is 5.25. The minimum absolute atomic E-state index is 0.00241. The molecular formula is C14H10F2O2. The number of benzene rings is 2. The molecule has 0 amide bonds. The highest BCUT2D eigenvalue weighted by atomic mass is 19.1. The van der Waals surface area contributed by atoms with Crippen molar-refractivity contribution in [1.82, 2.24) is 0 Å². The third-order valence-electron chi connectivity index (χ3n) is 2.64. The van der Waals surface area contributed by atoms with E-state index in [2.05, 4.69) is 0 Å². The summed E-state index contributed by atoms with van der Waals surface area (Å²) in [5, 5.41) is 0. The Morgan fingerprint density at radius 3 is 2.39 bits per heavy atom. The second-order valence-electron chi connectivity index (χ2n) is 3.64. The van der Waals surface area contributed by atoms with Crippen molar-refractivity contribution < 1.29 is 18.3 Å². The summed E-state index contributed by atoms with van der Waals surface area (Å²) in [6.07, 6.45) is 0.462. The van der Waals surface area contributed by atoms with Crippen molar-refractivity contribution in [3.05, 3.63) is 53.6 Å². The molecule has 0 N–H and O–H groups in total. The average molecular weight is 248 g/mol. The van der Waals surface area contributed by atoms with Gasteiger partial charge in [-0.05, 0) is 18.2 Å². The average Bonchev–Trinajstić information content (AvgIpc) is 2.39. The van der Waals surface area contributed by atoms with Gasteiger partial charge in [-0.3, -0.25) is 4.79 Å². The molecule has 2 aromatic rings. The second-order valence-corrected chi connectivity index (χ2v) is 3.64. The highest BCUT2D eigenvalue weighted by Gasteiger charge is 2.17. The maximum Gasteiger partial charge on any atom is 0.154 e. The number of methoxy groups -OCH3 is 1. The molecule has 0 bridgehead atoms. The fourth-order valence-corrected chi connectivity index (χ4v) is 1.81. The lowest BCUT2D eigenvalue weighted by atomic mass is 9.98. The van der Waals surface area contributed by atoms with Crippen molar-refractivity contribution >= 4 is 6.29 Å². The van der Waals surface area contributed by atoms with Crippen molar-refractivity contribution in [1.29, 1.82) is 0 Å². The van der Waals surface area contributed by atoms with Gasteiger partial charge in [0, 0.05) is 11.1 Å². The third kappa shape index (κ3) is 1.97. The molecular weight excluding hydrogens is 238 g/mol. The van der Waals surface area contributed by atoms with Crippen LogP contribution in [-0.4, -0.2) is 13.4 Å². The summed E-state index contributed by atoms with van der Waals surface area (Å²) >= 11 is 0. The zero-order valence-electron chi connectivity index (χ0n) is 9.61. The molecule has 0 aliphatic carbocycles. The van der Waals surface area contributed by atoms with Crippen molar-refractivity contribution in [3.8, 4) is 16.9 Å². The van der Waals surface area contributed by atoms with Crippen LogP contribution in [0.5, 0.6) is 5.75 Å². The minimum atomic E-state index is -0.664. The summed E-state index contributed by atoms with van der Waals surface area (Å²) in [5.74, 6) is -1.04. The molecule has 0 aliphatic rings. The van der Waals surface area contributed by atoms with Crippen LogP contribution in [0.25, 0.3) is 11.1 Å². The van der Waals surface area contributed by atoms with Gasteiger partial charge in [-0.15, -0.1) is 0 Å². The number of aldehydes is 1. The Bertz CT molecular complexity index is 594. The second kappa shape index (κ2) is 4.96. The molecule has 0 aliphatic heterocycles. The van der Waals surface area contributed by atoms with Gasteiger partial charge in [-0.1, -0.05) is 18.2 Å². The number of hydrogen-bond acceptors (Lipinski definition) is 2. The Labute approximate surface area is 103 Å². The monoisotopic (exact) mass is 248 g/mol. The zero-order valence-corrected chi connectivity index (χ0v) is 9.61. The Hall–Kier alpha value is -2.23. The Morgan fingerprint density at radius 2 is 1.78 bits per heavy atom. The molecule has 0 spiro atoms. The van der Waals surface area contributed by atoms with Gasteiger partial charge in [0.1, 0.15) is 17.4 Å². The highest BCUT2D eigenvalue weighted by molar-refractivity contribution is 5.91. The summed E-state index contributed by atoms with van der Waals surface area (Å²) in [4.78, 5) is 11.1. The third-order valence-corrected chi connectivity index (χ3v) is 2.64. The lowest BCUT2D eigenvalue weighted by Crippen LogP contribution is -1.98. The summed E-state index contributed by atoms with van der Waals surface area (Å²) in [7, 11) is 1.37. The molecule has 0 fully saturated rings. The van der Waals surface area contributed by atoms with Gasteiger partial charge in [0.25, 0.3) is 0 Å². The summed E-state index contributed by atoms with van der Waals surface area (Å²) < 4.78 is 32.5. The van der Waals surface area contributed by atoms with E-state index in [1.807, 2.05) is 0 Å². The molecule has 2 aromatic carbocycles. The smallest absolute Gasteiger partial charge is 0.154 e. The fraction of sp³-hybridized carbons (Fsp3) is 0.0714. The van der Waals surface area contributed by atoms with Gasteiger partial charge in [0.15, 0.2) is 6.29 Å². The number of halogens is 2. The number of ether oxygens (including phenoxy) is 1. The quantitative estimate of drug-likeness (QED) is 0.777. The van der Waals surface area contributed by atoms with Crippen LogP contribution < -0.4 is 4.74 Å². The van der Waals surface area contributed by atoms with Crippen molar-refractivity contribution in [2.45, 2.75) is 0 Å². The molecule has 4 heteroatoms. The normalized spacial score (nSPS) is 10.2. The van der Waals surface area contributed by atoms with Gasteiger partial charge >= 0.3 is 0 Å². The van der Waals surface area contributed by atoms with Crippen LogP contribution in [0.15, 0.2) is 36.4 Å². The highest BCUT2D eigenvalue weighted by Crippen LogP contribution is 2.33. The van der Waals surface area contributed by atoms with Gasteiger partial charge in [0.2, 0.25) is 0 Å². The van der Waals surface area contributed by atoms with E-state index in [0.29, 0.717) is 6.29 Å². The molecule has 92 valence electrons. The van der Waals surface area contributed by atoms with E-state index in [1.54, 1.807) is 6.07 Å². The summed E-state index contributed by atoms with van der Waals surface area (Å²) in [6.45, 7) is 0. The maximum atomic E-state index is 13.8. The molecule has 0 unspecified atom stereocenters. The molecule has 0 saturated heterocycles. The molecule has 0 saturated carbocycles. The van der Waals surface area contributed by atoms with Crippen LogP contribution in [0, 0.1) is 11.6 Å². The lowest BCUT2D eigenvalue weighted by molar-refractivity contribution is 0.112. The topological polar surface area (TPSA) is 26.3 Å². The van der Waals surface area contributed by atoms with Gasteiger partial charge in [0.05, 0.1) is 12.7 Å². The predicted octanol–water partition coefficient (Wildman–Crippen LogP) is 3.45. The van der Waals surface area contributed by atoms with Crippen LogP contribution in [-0.2, 0) is 0 Å². The lowest BCUT2D eigenvalue weighted by Gasteiger charge is -2.11. The van der Waals surface area contributed by atoms with E-state index < -0.39 is 11.6 Å². The van der Waals surface area contributed by atoms with E-state index in [0.717, 1.165) is 6.07 Å². The zero-order chi connectivity index (χ0) is 13.1. The standard InChI is InChI=1S/C14H10F2O2/c1-18-13-7-6-12(16)14(10(13)8-17)9-4-2-3-5-11(9)15/h2-8H,1H3. The van der Waals surface area contributed by atoms with Crippen LogP contribution in [0.4, 0.5) is 8.78 Å². The summed E-state index contributed by atoms with van der Waals surface area (Å²) in [5.41, 5.74) is -0.0407. The molecule has 2 nitrogen and oxygen atoms in total. The largest absolute Gasteiger partial charge is 0.496 e. The number of carbonyl (C=O) groups excluding carboxylic acids is 1. The van der Waals surface area contributed by atoms with E-state index >= 15 is 0 Å². The Balaban J connectivity index is 2.78. The first kappa shape index (κ1) is 12.2. The number of hydrogen-bond donors (Lipinski definition) is 0. The molecule has 0 heterocycles. The van der Waals surface area contributed by atoms with Gasteiger partial charge < -0.3 is 4.74 Å². The molecule has 0 atom stereocenters. The van der Waals surface area contributed by atoms with Gasteiger partial charge in [-0.2, -0.15) is 0 Å². The predicted molar refractivity (Wildman–Crippen MR) is 63.7 cm³/mol. The van der Waals surface area contributed by atoms with E-state index in [1.165, 1.54) is 31.4 Å². The first-order valence-electron chi connectivity index (χ1n) is 5.25. The maximum absolute atomic E-state index is 13.8. The SMILES string of the molecule is COc1ccc(F)c(-c2ccccc2F)c1C=O. The van der Waals surface area contributed by atoms with Crippen LogP contribution >= 0.6 is 0 Å². The Kier molecular flexibility index (Phi) is 3.37. The van der Waals surface area contributed by atoms with E-state index in [9.17, 15) is 13.6 Å². The van der Waals surface area contributed by atoms with Crippen LogP contribution in [0.2, 0.25) is 0 Å². The van der Waals surface area contributed by atoms with Crippen molar-refractivity contribution in [3.63, 3.8) is 0 Å². The molecule has 2 rings (SSSR count). The van der Waals surface area contributed by atoms with E-state index in [-0.39, 0.29) is 22.4 Å². The fourth-order valence-electron chi connectivity index (χ4n) is 1.81. The molecule has 0 radical (unpaired) electrons. The van der Waals surface area contributed by atoms with E-state index in [4.69, 9.17) is 4.74 Å². The Morgan fingerprint density at radius 1 is 1.06 bits per heavy atom. The van der Waals surface area contributed by atoms with Crippen LogP contribution in [0.1, 0.15) is 10.4 Å². The van der Waals surface area contributed by atoms with Gasteiger partial charge in [-0.25, -0.2) is 8.78 Å². The summed E-state index contributed by atoms with van der Waals surface area (Å²) in [6, 6.07) is 8.18. The molecule has 0 aromatic heterocycles. The van der Waals surface area contributed by atoms with Crippen LogP contribution in [0.3, 0.4) is 0 Å². The minimum Gasteiger partial charge on any atom is -0.496 e. The first-order chi connectivity index (χ1) is 8.69. The number of carbonyl (C=O) groups is 1. The number of rotatable bonds is 3. The van der Waals surface area contributed by atoms with Crippen molar-refractivity contribution in [2.24, 2.45) is 0 Å². The molecule has 18 heavy (non-hydrogen) atoms. The van der Waals surface area contributed by atoms with Crippen molar-refractivity contribution in [2.75, 3.05) is 7.11 Å².